The van der Waals surface area contributed by atoms with Crippen LogP contribution in [0.5, 0.6) is 0 Å². The van der Waals surface area contributed by atoms with Crippen molar-refractivity contribution in [1.82, 2.24) is 0 Å². The van der Waals surface area contributed by atoms with Gasteiger partial charge in [0.15, 0.2) is 0 Å². The van der Waals surface area contributed by atoms with Crippen LogP contribution in [0, 0.1) is 10.7 Å². The standard InChI is InChI=1S/C18H15I.BF3/c1-4-10-16(11-5-1)19(17-12-6-2-7-13-17)18-14-8-3-9-15-18;2-1(3)4/h1-15H;. The maximum atomic E-state index is 9.67. The number of rotatable bonds is 3. The number of hydrogen-bond donors (Lipinski definition) is 0. The van der Waals surface area contributed by atoms with Crippen LogP contribution in [-0.4, -0.2) is 7.54 Å². The van der Waals surface area contributed by atoms with E-state index in [0.29, 0.717) is 0 Å². The molecule has 0 heterocycles. The quantitative estimate of drug-likeness (QED) is 0.357. The van der Waals surface area contributed by atoms with E-state index >= 15 is 0 Å². The molecule has 3 aromatic rings. The zero-order valence-corrected chi connectivity index (χ0v) is 14.4. The summed E-state index contributed by atoms with van der Waals surface area (Å²) in [4.78, 5) is 0. The molecule has 0 aromatic heterocycles. The van der Waals surface area contributed by atoms with Crippen LogP contribution in [0.1, 0.15) is 0 Å². The molecule has 0 nitrogen and oxygen atoms in total. The topological polar surface area (TPSA) is 0 Å². The molecule has 0 aliphatic rings. The molecule has 0 aliphatic carbocycles. The first-order valence-electron chi connectivity index (χ1n) is 6.95. The van der Waals surface area contributed by atoms with Gasteiger partial charge in [-0.1, -0.05) is 0 Å². The van der Waals surface area contributed by atoms with Gasteiger partial charge in [0.2, 0.25) is 0 Å². The van der Waals surface area contributed by atoms with E-state index in [0.717, 1.165) is 0 Å². The second-order valence-electron chi connectivity index (χ2n) is 4.42. The monoisotopic (exact) mass is 426 g/mol. The van der Waals surface area contributed by atoms with Crippen LogP contribution in [0.3, 0.4) is 0 Å². The Morgan fingerprint density at radius 2 is 0.696 bits per heavy atom. The molecule has 0 N–H and O–H groups in total. The fourth-order valence-electron chi connectivity index (χ4n) is 2.00. The van der Waals surface area contributed by atoms with Crippen LogP contribution in [0.2, 0.25) is 0 Å². The minimum atomic E-state index is -3.67. The average molecular weight is 426 g/mol. The molecular formula is C18H15BF3I. The minimum absolute atomic E-state index is 1.49. The fraction of sp³-hybridized carbons (Fsp3) is 0. The molecular weight excluding hydrogens is 411 g/mol. The summed E-state index contributed by atoms with van der Waals surface area (Å²) in [7, 11) is -3.67. The van der Waals surface area contributed by atoms with Crippen LogP contribution < -0.4 is 0 Å². The summed E-state index contributed by atoms with van der Waals surface area (Å²) in [5.41, 5.74) is 0. The van der Waals surface area contributed by atoms with Gasteiger partial charge >= 0.3 is 129 Å². The summed E-state index contributed by atoms with van der Waals surface area (Å²) in [6.07, 6.45) is 0. The summed E-state index contributed by atoms with van der Waals surface area (Å²) in [6.45, 7) is 0. The molecule has 0 atom stereocenters. The van der Waals surface area contributed by atoms with Crippen LogP contribution >= 0.6 is 19.8 Å². The SMILES string of the molecule is FB(F)F.c1ccc(I(c2ccccc2)c2ccccc2)cc1. The molecule has 0 spiro atoms. The Balaban J connectivity index is 0.000000433. The molecule has 0 radical (unpaired) electrons. The Hall–Kier alpha value is -1.76. The Kier molecular flexibility index (Phi) is 7.19. The third-order valence-corrected chi connectivity index (χ3v) is 8.75. The zero-order valence-electron chi connectivity index (χ0n) is 12.2. The molecule has 0 saturated heterocycles. The number of halogens is 4. The van der Waals surface area contributed by atoms with Gasteiger partial charge < -0.3 is 0 Å². The van der Waals surface area contributed by atoms with Crippen LogP contribution in [0.25, 0.3) is 0 Å². The van der Waals surface area contributed by atoms with Crippen molar-refractivity contribution in [3.63, 3.8) is 0 Å². The van der Waals surface area contributed by atoms with Gasteiger partial charge in [-0.15, -0.1) is 0 Å². The number of hydrogen-bond acceptors (Lipinski definition) is 0. The van der Waals surface area contributed by atoms with Gasteiger partial charge in [0.1, 0.15) is 0 Å². The van der Waals surface area contributed by atoms with Crippen LogP contribution in [-0.2, 0) is 0 Å². The summed E-state index contributed by atoms with van der Waals surface area (Å²) in [6, 6.07) is 32.8. The van der Waals surface area contributed by atoms with E-state index in [1.807, 2.05) is 0 Å². The summed E-state index contributed by atoms with van der Waals surface area (Å²) in [5.74, 6) is 0. The first-order chi connectivity index (χ1) is 11.2. The third kappa shape index (κ3) is 5.75. The maximum absolute atomic E-state index is 9.67. The summed E-state index contributed by atoms with van der Waals surface area (Å²) in [5, 5.41) is 0. The molecule has 0 saturated carbocycles. The molecule has 3 rings (SSSR count). The second-order valence-corrected chi connectivity index (χ2v) is 9.77. The molecule has 5 heteroatoms. The van der Waals surface area contributed by atoms with E-state index in [2.05, 4.69) is 91.0 Å². The Morgan fingerprint density at radius 3 is 0.913 bits per heavy atom. The van der Waals surface area contributed by atoms with Gasteiger partial charge in [0.05, 0.1) is 0 Å². The fourth-order valence-corrected chi connectivity index (χ4v) is 7.56. The Bertz CT molecular complexity index is 582. The molecule has 3 aromatic carbocycles. The molecule has 0 bridgehead atoms. The summed E-state index contributed by atoms with van der Waals surface area (Å²) >= 11 is -1.52. The van der Waals surface area contributed by atoms with Gasteiger partial charge in [-0.3, -0.25) is 12.9 Å². The molecule has 0 aliphatic heterocycles. The van der Waals surface area contributed by atoms with Crippen LogP contribution in [0.15, 0.2) is 91.0 Å². The second kappa shape index (κ2) is 9.40. The van der Waals surface area contributed by atoms with Crippen molar-refractivity contribution >= 4 is 27.4 Å². The average Bonchev–Trinajstić information content (AvgIpc) is 2.58. The van der Waals surface area contributed by atoms with Crippen molar-refractivity contribution < 1.29 is 12.9 Å². The molecule has 0 unspecified atom stereocenters. The first-order valence-corrected chi connectivity index (χ1v) is 10.2. The Morgan fingerprint density at radius 1 is 0.478 bits per heavy atom. The summed E-state index contributed by atoms with van der Waals surface area (Å²) < 4.78 is 33.5. The van der Waals surface area contributed by atoms with Gasteiger partial charge in [-0.2, -0.15) is 0 Å². The van der Waals surface area contributed by atoms with Gasteiger partial charge in [0, 0.05) is 0 Å². The zero-order chi connectivity index (χ0) is 16.5. The normalized spacial score (nSPS) is 10.3. The van der Waals surface area contributed by atoms with Crippen molar-refractivity contribution in [2.45, 2.75) is 0 Å². The van der Waals surface area contributed by atoms with E-state index in [-0.39, 0.29) is 0 Å². The third-order valence-electron chi connectivity index (χ3n) is 2.85. The predicted octanol–water partition coefficient (Wildman–Crippen LogP) is 5.98. The van der Waals surface area contributed by atoms with Gasteiger partial charge in [-0.25, -0.2) is 0 Å². The van der Waals surface area contributed by atoms with E-state index in [1.54, 1.807) is 0 Å². The first kappa shape index (κ1) is 17.6. The van der Waals surface area contributed by atoms with Crippen molar-refractivity contribution in [3.05, 3.63) is 102 Å². The molecule has 0 amide bonds. The van der Waals surface area contributed by atoms with E-state index in [9.17, 15) is 12.9 Å². The molecule has 23 heavy (non-hydrogen) atoms. The van der Waals surface area contributed by atoms with Gasteiger partial charge in [-0.05, 0) is 0 Å². The van der Waals surface area contributed by atoms with Gasteiger partial charge in [0.25, 0.3) is 0 Å². The van der Waals surface area contributed by atoms with Crippen molar-refractivity contribution in [2.24, 2.45) is 0 Å². The van der Waals surface area contributed by atoms with Crippen molar-refractivity contribution in [3.8, 4) is 0 Å². The van der Waals surface area contributed by atoms with E-state index < -0.39 is 27.4 Å². The van der Waals surface area contributed by atoms with E-state index in [4.69, 9.17) is 0 Å². The Labute approximate surface area is 142 Å². The van der Waals surface area contributed by atoms with Crippen LogP contribution in [0.4, 0.5) is 12.9 Å². The van der Waals surface area contributed by atoms with E-state index in [1.165, 1.54) is 10.7 Å². The molecule has 118 valence electrons. The molecule has 0 fully saturated rings. The predicted molar refractivity (Wildman–Crippen MR) is 98.5 cm³/mol. The number of benzene rings is 3. The van der Waals surface area contributed by atoms with Crippen molar-refractivity contribution in [2.75, 3.05) is 0 Å². The van der Waals surface area contributed by atoms with Crippen molar-refractivity contribution in [1.29, 1.82) is 0 Å².